The quantitative estimate of drug-likeness (QED) is 0.558. The molecule has 1 atom stereocenters. The number of nitrogens with zero attached hydrogens (tertiary/aromatic N) is 6. The van der Waals surface area contributed by atoms with Gasteiger partial charge in [0.2, 0.25) is 0 Å². The fourth-order valence-corrected chi connectivity index (χ4v) is 3.16. The highest BCUT2D eigenvalue weighted by Gasteiger charge is 2.20. The Morgan fingerprint density at radius 1 is 1.14 bits per heavy atom. The number of benzene rings is 1. The lowest BCUT2D eigenvalue weighted by molar-refractivity contribution is 0.356. The maximum atomic E-state index is 9.35. The van der Waals surface area contributed by atoms with E-state index in [4.69, 9.17) is 10.00 Å². The minimum absolute atomic E-state index is 0.0624. The van der Waals surface area contributed by atoms with Crippen molar-refractivity contribution >= 4 is 11.0 Å². The number of aromatic amines is 1. The van der Waals surface area contributed by atoms with Gasteiger partial charge in [0, 0.05) is 28.9 Å². The van der Waals surface area contributed by atoms with Crippen molar-refractivity contribution < 1.29 is 4.74 Å². The van der Waals surface area contributed by atoms with E-state index in [1.807, 2.05) is 42.7 Å². The van der Waals surface area contributed by atoms with E-state index in [2.05, 4.69) is 26.1 Å². The van der Waals surface area contributed by atoms with Gasteiger partial charge in [0.25, 0.3) is 0 Å². The van der Waals surface area contributed by atoms with Gasteiger partial charge in [0.1, 0.15) is 23.8 Å². The molecule has 3 aromatic heterocycles. The summed E-state index contributed by atoms with van der Waals surface area (Å²) >= 11 is 0. The Kier molecular flexibility index (Phi) is 4.68. The van der Waals surface area contributed by atoms with Crippen molar-refractivity contribution in [3.05, 3.63) is 60.8 Å². The normalized spacial score (nSPS) is 11.6. The van der Waals surface area contributed by atoms with Crippen molar-refractivity contribution in [2.45, 2.75) is 12.5 Å². The Labute approximate surface area is 160 Å². The van der Waals surface area contributed by atoms with Crippen molar-refractivity contribution in [1.29, 1.82) is 10.5 Å². The van der Waals surface area contributed by atoms with Crippen LogP contribution in [-0.2, 0) is 0 Å². The standard InChI is InChI=1S/C20H15N7O/c21-7-5-17(15-3-1-2-4-18(15)28-10-8-22)27-12-14(11-26-27)19-16-6-9-23-20(16)25-13-24-19/h1-4,6,9,11-13,17H,5,10H2,(H,23,24,25). The summed E-state index contributed by atoms with van der Waals surface area (Å²) in [5, 5.41) is 23.5. The predicted molar refractivity (Wildman–Crippen MR) is 101 cm³/mol. The van der Waals surface area contributed by atoms with Gasteiger partial charge in [-0.15, -0.1) is 0 Å². The number of rotatable bonds is 6. The smallest absolute Gasteiger partial charge is 0.174 e. The van der Waals surface area contributed by atoms with Crippen LogP contribution in [-0.4, -0.2) is 31.3 Å². The van der Waals surface area contributed by atoms with Gasteiger partial charge in [-0.1, -0.05) is 18.2 Å². The molecule has 1 unspecified atom stereocenters. The summed E-state index contributed by atoms with van der Waals surface area (Å²) in [5.74, 6) is 0.566. The van der Waals surface area contributed by atoms with E-state index in [-0.39, 0.29) is 19.1 Å². The molecule has 4 aromatic rings. The Bertz CT molecular complexity index is 1190. The van der Waals surface area contributed by atoms with Gasteiger partial charge in [-0.05, 0) is 12.1 Å². The number of fused-ring (bicyclic) bond motifs is 1. The minimum Gasteiger partial charge on any atom is -0.478 e. The zero-order valence-corrected chi connectivity index (χ0v) is 14.8. The van der Waals surface area contributed by atoms with Crippen LogP contribution in [0, 0.1) is 22.7 Å². The van der Waals surface area contributed by atoms with E-state index < -0.39 is 0 Å². The lowest BCUT2D eigenvalue weighted by Crippen LogP contribution is -2.12. The third-order valence-electron chi connectivity index (χ3n) is 4.40. The van der Waals surface area contributed by atoms with Gasteiger partial charge >= 0.3 is 0 Å². The van der Waals surface area contributed by atoms with E-state index >= 15 is 0 Å². The van der Waals surface area contributed by atoms with Crippen LogP contribution >= 0.6 is 0 Å². The zero-order chi connectivity index (χ0) is 19.3. The van der Waals surface area contributed by atoms with Crippen molar-refractivity contribution in [3.8, 4) is 29.1 Å². The number of H-pyrrole nitrogens is 1. The molecular weight excluding hydrogens is 354 g/mol. The topological polar surface area (TPSA) is 116 Å². The maximum Gasteiger partial charge on any atom is 0.174 e. The first-order valence-corrected chi connectivity index (χ1v) is 8.60. The van der Waals surface area contributed by atoms with Crippen molar-refractivity contribution in [2.24, 2.45) is 0 Å². The first-order valence-electron chi connectivity index (χ1n) is 8.60. The van der Waals surface area contributed by atoms with Gasteiger partial charge in [-0.2, -0.15) is 15.6 Å². The Morgan fingerprint density at radius 3 is 2.89 bits per heavy atom. The number of nitrogens with one attached hydrogen (secondary N) is 1. The van der Waals surface area contributed by atoms with Crippen LogP contribution in [0.3, 0.4) is 0 Å². The highest BCUT2D eigenvalue weighted by molar-refractivity contribution is 5.89. The molecule has 0 aliphatic carbocycles. The second-order valence-electron chi connectivity index (χ2n) is 6.03. The van der Waals surface area contributed by atoms with E-state index in [1.54, 1.807) is 16.9 Å². The number of hydrogen-bond acceptors (Lipinski definition) is 6. The molecule has 0 aliphatic heterocycles. The van der Waals surface area contributed by atoms with Crippen LogP contribution in [0.25, 0.3) is 22.3 Å². The number of nitriles is 2. The second kappa shape index (κ2) is 7.60. The SMILES string of the molecule is N#CCOc1ccccc1C(CC#N)n1cc(-c2ncnc3[nH]ccc23)cn1. The summed E-state index contributed by atoms with van der Waals surface area (Å²) in [6, 6.07) is 13.1. The van der Waals surface area contributed by atoms with E-state index in [0.29, 0.717) is 5.75 Å². The number of para-hydroxylation sites is 1. The summed E-state index contributed by atoms with van der Waals surface area (Å²) in [6.07, 6.45) is 7.10. The molecule has 0 radical (unpaired) electrons. The number of hydrogen-bond donors (Lipinski definition) is 1. The lowest BCUT2D eigenvalue weighted by Gasteiger charge is -2.18. The van der Waals surface area contributed by atoms with Gasteiger partial charge in [0.05, 0.1) is 30.4 Å². The molecule has 0 amide bonds. The minimum atomic E-state index is -0.350. The van der Waals surface area contributed by atoms with Crippen LogP contribution in [0.4, 0.5) is 0 Å². The molecule has 0 aliphatic rings. The summed E-state index contributed by atoms with van der Waals surface area (Å²) < 4.78 is 7.27. The largest absolute Gasteiger partial charge is 0.478 e. The highest BCUT2D eigenvalue weighted by atomic mass is 16.5. The Morgan fingerprint density at radius 2 is 2.04 bits per heavy atom. The van der Waals surface area contributed by atoms with Crippen LogP contribution in [0.15, 0.2) is 55.2 Å². The summed E-state index contributed by atoms with van der Waals surface area (Å²) in [6.45, 7) is -0.0624. The second-order valence-corrected chi connectivity index (χ2v) is 6.03. The summed E-state index contributed by atoms with van der Waals surface area (Å²) in [7, 11) is 0. The summed E-state index contributed by atoms with van der Waals surface area (Å²) in [4.78, 5) is 11.7. The van der Waals surface area contributed by atoms with Gasteiger partial charge < -0.3 is 9.72 Å². The molecule has 8 heteroatoms. The molecule has 1 N–H and O–H groups in total. The van der Waals surface area contributed by atoms with Crippen LogP contribution in [0.5, 0.6) is 5.75 Å². The molecule has 3 heterocycles. The maximum absolute atomic E-state index is 9.35. The van der Waals surface area contributed by atoms with Crippen molar-refractivity contribution in [1.82, 2.24) is 24.7 Å². The van der Waals surface area contributed by atoms with Gasteiger partial charge in [-0.3, -0.25) is 4.68 Å². The first kappa shape index (κ1) is 17.3. The first-order chi connectivity index (χ1) is 13.8. The zero-order valence-electron chi connectivity index (χ0n) is 14.8. The fraction of sp³-hybridized carbons (Fsp3) is 0.150. The van der Waals surface area contributed by atoms with Crippen LogP contribution in [0.1, 0.15) is 18.0 Å². The van der Waals surface area contributed by atoms with E-state index in [1.165, 1.54) is 6.33 Å². The Hall–Kier alpha value is -4.17. The molecule has 28 heavy (non-hydrogen) atoms. The molecule has 0 spiro atoms. The number of aromatic nitrogens is 5. The molecule has 136 valence electrons. The molecule has 8 nitrogen and oxygen atoms in total. The molecule has 4 rings (SSSR count). The monoisotopic (exact) mass is 369 g/mol. The van der Waals surface area contributed by atoms with Crippen molar-refractivity contribution in [2.75, 3.05) is 6.61 Å². The molecular formula is C20H15N7O. The van der Waals surface area contributed by atoms with E-state index in [0.717, 1.165) is 27.9 Å². The van der Waals surface area contributed by atoms with Crippen LogP contribution in [0.2, 0.25) is 0 Å². The average molecular weight is 369 g/mol. The third-order valence-corrected chi connectivity index (χ3v) is 4.40. The third kappa shape index (κ3) is 3.15. The summed E-state index contributed by atoms with van der Waals surface area (Å²) in [5.41, 5.74) is 3.14. The van der Waals surface area contributed by atoms with Gasteiger partial charge in [-0.25, -0.2) is 9.97 Å². The molecule has 1 aromatic carbocycles. The average Bonchev–Trinajstić information content (AvgIpc) is 3.40. The predicted octanol–water partition coefficient (Wildman–Crippen LogP) is 3.23. The van der Waals surface area contributed by atoms with Crippen LogP contribution < -0.4 is 4.74 Å². The highest BCUT2D eigenvalue weighted by Crippen LogP contribution is 2.32. The molecule has 0 fully saturated rings. The van der Waals surface area contributed by atoms with Crippen molar-refractivity contribution in [3.63, 3.8) is 0 Å². The Balaban J connectivity index is 1.74. The fourth-order valence-electron chi connectivity index (χ4n) is 3.16. The molecule has 0 saturated heterocycles. The van der Waals surface area contributed by atoms with Gasteiger partial charge in [0.15, 0.2) is 6.61 Å². The van der Waals surface area contributed by atoms with E-state index in [9.17, 15) is 5.26 Å². The number of ether oxygens (including phenoxy) is 1. The molecule has 0 saturated carbocycles. The lowest BCUT2D eigenvalue weighted by atomic mass is 10.0. The molecule has 0 bridgehead atoms.